The Labute approximate surface area is 102 Å². The summed E-state index contributed by atoms with van der Waals surface area (Å²) in [5, 5.41) is 0. The van der Waals surface area contributed by atoms with Crippen molar-refractivity contribution in [2.24, 2.45) is 0 Å². The minimum Gasteiger partial charge on any atom is -0.442 e. The molecule has 84 valence electrons. The third-order valence-electron chi connectivity index (χ3n) is 1.52. The lowest BCUT2D eigenvalue weighted by Crippen LogP contribution is -2.42. The van der Waals surface area contributed by atoms with Crippen LogP contribution in [0.5, 0.6) is 0 Å². The van der Waals surface area contributed by atoms with E-state index in [4.69, 9.17) is 45.1 Å². The SMILES string of the molecule is CC=CC(C)(OC(=O)C=[N+]=[N-])C(Cl)(Cl)Cl. The highest BCUT2D eigenvalue weighted by Gasteiger charge is 2.46. The minimum absolute atomic E-state index is 0.568. The molecule has 0 bridgehead atoms. The van der Waals surface area contributed by atoms with Crippen LogP contribution in [-0.2, 0) is 9.53 Å². The van der Waals surface area contributed by atoms with Crippen LogP contribution in [0.3, 0.4) is 0 Å². The highest BCUT2D eigenvalue weighted by atomic mass is 35.6. The number of allylic oxidation sites excluding steroid dienone is 1. The molecule has 15 heavy (non-hydrogen) atoms. The fourth-order valence-electron chi connectivity index (χ4n) is 0.787. The first-order chi connectivity index (χ1) is 6.77. The zero-order chi connectivity index (χ0) is 12.1. The predicted molar refractivity (Wildman–Crippen MR) is 59.3 cm³/mol. The molecule has 7 heteroatoms. The first-order valence-corrected chi connectivity index (χ1v) is 5.01. The zero-order valence-electron chi connectivity index (χ0n) is 8.08. The van der Waals surface area contributed by atoms with Gasteiger partial charge in [-0.15, -0.1) is 0 Å². The van der Waals surface area contributed by atoms with E-state index in [2.05, 4.69) is 4.79 Å². The summed E-state index contributed by atoms with van der Waals surface area (Å²) in [5.41, 5.74) is 6.69. The van der Waals surface area contributed by atoms with Crippen molar-refractivity contribution in [1.82, 2.24) is 0 Å². The van der Waals surface area contributed by atoms with E-state index in [0.717, 1.165) is 0 Å². The third kappa shape index (κ3) is 4.22. The van der Waals surface area contributed by atoms with Crippen molar-refractivity contribution in [3.8, 4) is 0 Å². The molecule has 0 spiro atoms. The number of rotatable bonds is 3. The summed E-state index contributed by atoms with van der Waals surface area (Å²) < 4.78 is 3.03. The maximum atomic E-state index is 11.0. The van der Waals surface area contributed by atoms with Crippen LogP contribution in [0, 0.1) is 0 Å². The molecule has 0 amide bonds. The number of hydrogen-bond acceptors (Lipinski definition) is 2. The molecule has 0 aromatic rings. The average molecular weight is 272 g/mol. The Balaban J connectivity index is 4.98. The number of halogens is 3. The van der Waals surface area contributed by atoms with E-state index in [-0.39, 0.29) is 0 Å². The first kappa shape index (κ1) is 14.5. The number of carbonyl (C=O) groups excluding carboxylic acids is 1. The molecule has 4 nitrogen and oxygen atoms in total. The highest BCUT2D eigenvalue weighted by molar-refractivity contribution is 6.68. The molecule has 0 heterocycles. The lowest BCUT2D eigenvalue weighted by Gasteiger charge is -2.31. The lowest BCUT2D eigenvalue weighted by atomic mass is 10.1. The molecule has 0 saturated heterocycles. The standard InChI is InChI=1S/C8H9Cl3N2O2/c1-3-4-7(2,8(9,10)11)15-6(14)5-13-12/h3-5H,1-2H3. The predicted octanol–water partition coefficient (Wildman–Crippen LogP) is 2.54. The molecule has 0 aliphatic rings. The maximum Gasteiger partial charge on any atom is 0.414 e. The van der Waals surface area contributed by atoms with Crippen molar-refractivity contribution < 1.29 is 14.3 Å². The number of esters is 1. The second-order valence-corrected chi connectivity index (χ2v) is 5.05. The Bertz CT molecular complexity index is 318. The molecule has 0 aliphatic heterocycles. The van der Waals surface area contributed by atoms with Crippen molar-refractivity contribution in [3.05, 3.63) is 17.7 Å². The second-order valence-electron chi connectivity index (χ2n) is 2.77. The van der Waals surface area contributed by atoms with Gasteiger partial charge >= 0.3 is 12.2 Å². The maximum absolute atomic E-state index is 11.0. The van der Waals surface area contributed by atoms with E-state index in [0.29, 0.717) is 6.21 Å². The number of alkyl halides is 3. The molecule has 1 unspecified atom stereocenters. The zero-order valence-corrected chi connectivity index (χ0v) is 10.3. The van der Waals surface area contributed by atoms with Gasteiger partial charge in [0.15, 0.2) is 5.60 Å². The monoisotopic (exact) mass is 270 g/mol. The summed E-state index contributed by atoms with van der Waals surface area (Å²) in [6, 6.07) is 0. The van der Waals surface area contributed by atoms with Gasteiger partial charge in [-0.05, 0) is 19.9 Å². The topological polar surface area (TPSA) is 62.7 Å². The van der Waals surface area contributed by atoms with Crippen molar-refractivity contribution in [2.75, 3.05) is 0 Å². The third-order valence-corrected chi connectivity index (χ3v) is 2.65. The molecular formula is C8H9Cl3N2O2. The van der Waals surface area contributed by atoms with Crippen LogP contribution in [-0.4, -0.2) is 26.4 Å². The molecule has 0 fully saturated rings. The fourth-order valence-corrected chi connectivity index (χ4v) is 1.09. The van der Waals surface area contributed by atoms with Crippen LogP contribution < -0.4 is 0 Å². The van der Waals surface area contributed by atoms with Crippen molar-refractivity contribution in [1.29, 1.82) is 0 Å². The number of ether oxygens (including phenoxy) is 1. The van der Waals surface area contributed by atoms with Gasteiger partial charge in [0.05, 0.1) is 0 Å². The van der Waals surface area contributed by atoms with E-state index in [1.54, 1.807) is 13.0 Å². The van der Waals surface area contributed by atoms with Crippen LogP contribution in [0.1, 0.15) is 13.8 Å². The van der Waals surface area contributed by atoms with Crippen molar-refractivity contribution in [3.63, 3.8) is 0 Å². The molecule has 0 aliphatic carbocycles. The van der Waals surface area contributed by atoms with Gasteiger partial charge in [-0.3, -0.25) is 0 Å². The molecule has 0 aromatic heterocycles. The molecular weight excluding hydrogens is 262 g/mol. The van der Waals surface area contributed by atoms with Crippen LogP contribution in [0.15, 0.2) is 12.2 Å². The van der Waals surface area contributed by atoms with E-state index in [1.807, 2.05) is 0 Å². The summed E-state index contributed by atoms with van der Waals surface area (Å²) in [6.45, 7) is 3.10. The average Bonchev–Trinajstić information content (AvgIpc) is 2.02. The second kappa shape index (κ2) is 5.52. The number of nitrogens with zero attached hydrogens (tertiary/aromatic N) is 2. The minimum atomic E-state index is -1.82. The highest BCUT2D eigenvalue weighted by Crippen LogP contribution is 2.41. The van der Waals surface area contributed by atoms with Crippen LogP contribution in [0.25, 0.3) is 5.53 Å². The summed E-state index contributed by atoms with van der Waals surface area (Å²) in [7, 11) is 0. The van der Waals surface area contributed by atoms with Crippen molar-refractivity contribution >= 4 is 47.0 Å². The van der Waals surface area contributed by atoms with Crippen LogP contribution in [0.2, 0.25) is 0 Å². The Morgan fingerprint density at radius 2 is 2.00 bits per heavy atom. The van der Waals surface area contributed by atoms with Gasteiger partial charge in [0.1, 0.15) is 0 Å². The summed E-state index contributed by atoms with van der Waals surface area (Å²) in [6.07, 6.45) is 3.56. The quantitative estimate of drug-likeness (QED) is 0.198. The summed E-state index contributed by atoms with van der Waals surface area (Å²) >= 11 is 17.0. The molecule has 0 radical (unpaired) electrons. The lowest BCUT2D eigenvalue weighted by molar-refractivity contribution is -0.148. The Morgan fingerprint density at radius 3 is 2.33 bits per heavy atom. The molecule has 1 atom stereocenters. The van der Waals surface area contributed by atoms with Crippen LogP contribution >= 0.6 is 34.8 Å². The van der Waals surface area contributed by atoms with Gasteiger partial charge in [-0.25, -0.2) is 4.79 Å². The van der Waals surface area contributed by atoms with Gasteiger partial charge < -0.3 is 10.3 Å². The number of hydrogen-bond donors (Lipinski definition) is 0. The van der Waals surface area contributed by atoms with E-state index < -0.39 is 15.4 Å². The van der Waals surface area contributed by atoms with Crippen LogP contribution in [0.4, 0.5) is 0 Å². The molecule has 0 rings (SSSR count). The van der Waals surface area contributed by atoms with Gasteiger partial charge in [0, 0.05) is 0 Å². The molecule has 0 saturated carbocycles. The van der Waals surface area contributed by atoms with E-state index in [1.165, 1.54) is 13.0 Å². The normalized spacial score (nSPS) is 15.5. The van der Waals surface area contributed by atoms with Crippen molar-refractivity contribution in [2.45, 2.75) is 23.2 Å². The Hall–Kier alpha value is -0.540. The fraction of sp³-hybridized carbons (Fsp3) is 0.500. The van der Waals surface area contributed by atoms with Gasteiger partial charge in [-0.2, -0.15) is 4.79 Å². The summed E-state index contributed by atoms with van der Waals surface area (Å²) in [5.74, 6) is -0.913. The first-order valence-electron chi connectivity index (χ1n) is 3.88. The van der Waals surface area contributed by atoms with E-state index in [9.17, 15) is 4.79 Å². The Kier molecular flexibility index (Phi) is 5.32. The van der Waals surface area contributed by atoms with E-state index >= 15 is 0 Å². The molecule has 0 N–H and O–H groups in total. The summed E-state index contributed by atoms with van der Waals surface area (Å²) in [4.78, 5) is 13.5. The molecule has 0 aromatic carbocycles. The van der Waals surface area contributed by atoms with Gasteiger partial charge in [0.2, 0.25) is 3.79 Å². The smallest absolute Gasteiger partial charge is 0.414 e. The van der Waals surface area contributed by atoms with Gasteiger partial charge in [0.25, 0.3) is 0 Å². The Morgan fingerprint density at radius 1 is 1.47 bits per heavy atom. The number of carbonyl (C=O) groups is 1. The largest absolute Gasteiger partial charge is 0.442 e. The van der Waals surface area contributed by atoms with Gasteiger partial charge in [-0.1, -0.05) is 40.9 Å².